The molecule has 0 bridgehead atoms. The summed E-state index contributed by atoms with van der Waals surface area (Å²) in [6.07, 6.45) is 3.58. The van der Waals surface area contributed by atoms with E-state index >= 15 is 0 Å². The molecule has 4 rings (SSSR count). The van der Waals surface area contributed by atoms with Crippen molar-refractivity contribution in [3.8, 4) is 0 Å². The Labute approximate surface area is 190 Å². The number of carboxylic acid groups (broad SMARTS) is 2. The van der Waals surface area contributed by atoms with Gasteiger partial charge >= 0.3 is 11.9 Å². The van der Waals surface area contributed by atoms with E-state index in [0.717, 1.165) is 60.8 Å². The van der Waals surface area contributed by atoms with Crippen LogP contribution in [0.3, 0.4) is 0 Å². The highest BCUT2D eigenvalue weighted by Gasteiger charge is 2.24. The van der Waals surface area contributed by atoms with E-state index < -0.39 is 11.9 Å². The molecule has 1 atom stereocenters. The maximum absolute atomic E-state index is 9.10. The molecule has 0 saturated heterocycles. The first kappa shape index (κ1) is 23.9. The lowest BCUT2D eigenvalue weighted by atomic mass is 9.89. The van der Waals surface area contributed by atoms with Gasteiger partial charge in [-0.25, -0.2) is 19.6 Å². The second-order valence-electron chi connectivity index (χ2n) is 7.93. The summed E-state index contributed by atoms with van der Waals surface area (Å²) in [5.74, 6) is -1.30. The molecule has 3 aromatic heterocycles. The van der Waals surface area contributed by atoms with E-state index in [1.165, 1.54) is 28.7 Å². The van der Waals surface area contributed by atoms with Gasteiger partial charge in [-0.1, -0.05) is 20.8 Å². The average Bonchev–Trinajstić information content (AvgIpc) is 3.30. The average molecular weight is 463 g/mol. The van der Waals surface area contributed by atoms with E-state index in [4.69, 9.17) is 29.8 Å². The lowest BCUT2D eigenvalue weighted by Gasteiger charge is -2.18. The highest BCUT2D eigenvalue weighted by molar-refractivity contribution is 7.19. The van der Waals surface area contributed by atoms with Crippen LogP contribution in [0.2, 0.25) is 0 Å². The molecule has 0 aliphatic heterocycles. The molecule has 0 radical (unpaired) electrons. The van der Waals surface area contributed by atoms with Gasteiger partial charge in [-0.2, -0.15) is 4.52 Å². The fraction of sp³-hybridized carbons (Fsp3) is 0.571. The van der Waals surface area contributed by atoms with Crippen LogP contribution < -0.4 is 5.32 Å². The van der Waals surface area contributed by atoms with Gasteiger partial charge in [-0.15, -0.1) is 16.4 Å². The zero-order valence-electron chi connectivity index (χ0n) is 18.9. The first-order valence-electron chi connectivity index (χ1n) is 10.8. The number of aliphatic carboxylic acids is 2. The van der Waals surface area contributed by atoms with E-state index in [-0.39, 0.29) is 0 Å². The number of carboxylic acids is 2. The minimum atomic E-state index is -1.82. The third-order valence-corrected chi connectivity index (χ3v) is 6.81. The Morgan fingerprint density at radius 2 is 1.91 bits per heavy atom. The van der Waals surface area contributed by atoms with Gasteiger partial charge in [0.05, 0.1) is 5.39 Å². The van der Waals surface area contributed by atoms with Crippen LogP contribution in [0.1, 0.15) is 43.5 Å². The van der Waals surface area contributed by atoms with Crippen molar-refractivity contribution in [1.82, 2.24) is 24.5 Å². The van der Waals surface area contributed by atoms with Gasteiger partial charge in [-0.05, 0) is 50.8 Å². The van der Waals surface area contributed by atoms with E-state index in [9.17, 15) is 0 Å². The molecule has 0 aromatic carbocycles. The summed E-state index contributed by atoms with van der Waals surface area (Å²) >= 11 is 1.85. The molecule has 174 valence electrons. The predicted molar refractivity (Wildman–Crippen MR) is 124 cm³/mol. The van der Waals surface area contributed by atoms with Crippen molar-refractivity contribution in [1.29, 1.82) is 0 Å². The number of aryl methyl sites for hydroxylation is 2. The van der Waals surface area contributed by atoms with Crippen LogP contribution in [0.25, 0.3) is 15.9 Å². The molecule has 1 aliphatic carbocycles. The van der Waals surface area contributed by atoms with E-state index in [2.05, 4.69) is 36.1 Å². The molecule has 0 amide bonds. The van der Waals surface area contributed by atoms with Gasteiger partial charge in [0.2, 0.25) is 5.95 Å². The number of nitrogens with zero attached hydrogens (tertiary/aromatic N) is 5. The number of fused-ring (bicyclic) bond motifs is 5. The molecule has 3 aromatic rings. The number of hydrogen-bond donors (Lipinski definition) is 3. The number of anilines is 1. The minimum Gasteiger partial charge on any atom is -0.473 e. The van der Waals surface area contributed by atoms with E-state index in [1.54, 1.807) is 0 Å². The summed E-state index contributed by atoms with van der Waals surface area (Å²) in [6, 6.07) is 0. The summed E-state index contributed by atoms with van der Waals surface area (Å²) in [5.41, 5.74) is 2.42. The van der Waals surface area contributed by atoms with Crippen molar-refractivity contribution in [3.05, 3.63) is 16.3 Å². The van der Waals surface area contributed by atoms with Gasteiger partial charge in [0.25, 0.3) is 0 Å². The normalized spacial score (nSPS) is 15.5. The number of hydrogen-bond acceptors (Lipinski definition) is 8. The largest absolute Gasteiger partial charge is 0.473 e. The monoisotopic (exact) mass is 462 g/mol. The highest BCUT2D eigenvalue weighted by Crippen LogP contribution is 2.39. The van der Waals surface area contributed by atoms with Crippen molar-refractivity contribution >= 4 is 45.1 Å². The van der Waals surface area contributed by atoms with Crippen LogP contribution in [0.4, 0.5) is 5.95 Å². The molecule has 10 nitrogen and oxygen atoms in total. The zero-order valence-corrected chi connectivity index (χ0v) is 19.7. The Morgan fingerprint density at radius 3 is 2.53 bits per heavy atom. The van der Waals surface area contributed by atoms with Gasteiger partial charge in [0.15, 0.2) is 5.65 Å². The van der Waals surface area contributed by atoms with Crippen molar-refractivity contribution in [2.75, 3.05) is 31.5 Å². The smallest absolute Gasteiger partial charge is 0.414 e. The molecule has 0 spiro atoms. The van der Waals surface area contributed by atoms with Crippen molar-refractivity contribution in [3.63, 3.8) is 0 Å². The fourth-order valence-corrected chi connectivity index (χ4v) is 5.11. The van der Waals surface area contributed by atoms with Crippen LogP contribution in [-0.4, -0.2) is 72.8 Å². The number of nitrogens with one attached hydrogen (secondary N) is 1. The van der Waals surface area contributed by atoms with Crippen LogP contribution in [0.5, 0.6) is 0 Å². The van der Waals surface area contributed by atoms with Crippen molar-refractivity contribution < 1.29 is 19.8 Å². The molecule has 0 fully saturated rings. The van der Waals surface area contributed by atoms with Crippen LogP contribution in [0, 0.1) is 12.8 Å². The predicted octanol–water partition coefficient (Wildman–Crippen LogP) is 2.68. The van der Waals surface area contributed by atoms with E-state index in [0.29, 0.717) is 0 Å². The number of carbonyl (C=O) groups is 2. The molecule has 0 saturated carbocycles. The number of rotatable bonds is 6. The molecular weight excluding hydrogens is 432 g/mol. The van der Waals surface area contributed by atoms with Crippen molar-refractivity contribution in [2.24, 2.45) is 5.92 Å². The standard InChI is InChI=1S/C19H28N6S.C2H2O4/c1-5-24(6-2)10-9-20-19-22-18-16(17-21-13(4)23-25(17)19)14-11-12(3)7-8-15(14)26-18;3-1(4)2(5)6/h12H,5-11H2,1-4H3,(H,20,22);(H,3,4)(H,5,6). The second kappa shape index (κ2) is 10.2. The first-order valence-corrected chi connectivity index (χ1v) is 11.7. The number of thiophene rings is 1. The molecule has 1 unspecified atom stereocenters. The third kappa shape index (κ3) is 5.16. The maximum atomic E-state index is 9.10. The van der Waals surface area contributed by atoms with Gasteiger partial charge in [0.1, 0.15) is 10.7 Å². The summed E-state index contributed by atoms with van der Waals surface area (Å²) < 4.78 is 1.91. The SMILES string of the molecule is CCN(CC)CCNc1nc2sc3c(c2c2nc(C)nn12)CC(C)CC3.O=C(O)C(=O)O. The molecule has 1 aliphatic rings. The Kier molecular flexibility index (Phi) is 7.62. The summed E-state index contributed by atoms with van der Waals surface area (Å²) in [4.78, 5) is 32.9. The summed E-state index contributed by atoms with van der Waals surface area (Å²) in [7, 11) is 0. The molecule has 3 heterocycles. The van der Waals surface area contributed by atoms with Gasteiger partial charge in [0, 0.05) is 18.0 Å². The van der Waals surface area contributed by atoms with E-state index in [1.807, 2.05) is 22.8 Å². The second-order valence-corrected chi connectivity index (χ2v) is 9.01. The Hall–Kier alpha value is -2.79. The Balaban J connectivity index is 0.000000427. The Morgan fingerprint density at radius 1 is 1.22 bits per heavy atom. The lowest BCUT2D eigenvalue weighted by molar-refractivity contribution is -0.159. The number of aromatic nitrogens is 4. The lowest BCUT2D eigenvalue weighted by Crippen LogP contribution is -2.29. The first-order chi connectivity index (χ1) is 15.2. The quantitative estimate of drug-likeness (QED) is 0.473. The fourth-order valence-electron chi connectivity index (χ4n) is 3.90. The van der Waals surface area contributed by atoms with Crippen molar-refractivity contribution in [2.45, 2.75) is 47.0 Å². The van der Waals surface area contributed by atoms with Crippen LogP contribution in [-0.2, 0) is 22.4 Å². The zero-order chi connectivity index (χ0) is 23.4. The molecule has 32 heavy (non-hydrogen) atoms. The highest BCUT2D eigenvalue weighted by atomic mass is 32.1. The van der Waals surface area contributed by atoms with Gasteiger partial charge < -0.3 is 20.4 Å². The molecule has 3 N–H and O–H groups in total. The third-order valence-electron chi connectivity index (χ3n) is 5.62. The maximum Gasteiger partial charge on any atom is 0.414 e. The Bertz CT molecular complexity index is 1110. The molecular formula is C21H30N6O4S. The summed E-state index contributed by atoms with van der Waals surface area (Å²) in [6.45, 7) is 12.7. The minimum absolute atomic E-state index is 0.733. The topological polar surface area (TPSA) is 133 Å². The molecule has 11 heteroatoms. The summed E-state index contributed by atoms with van der Waals surface area (Å²) in [5, 5.41) is 24.1. The van der Waals surface area contributed by atoms with Crippen LogP contribution >= 0.6 is 11.3 Å². The number of likely N-dealkylation sites (N-methyl/N-ethyl adjacent to an activating group) is 1. The van der Waals surface area contributed by atoms with Crippen LogP contribution in [0.15, 0.2) is 0 Å². The van der Waals surface area contributed by atoms with Gasteiger partial charge in [-0.3, -0.25) is 0 Å².